The minimum absolute atomic E-state index is 0.0612. The van der Waals surface area contributed by atoms with Gasteiger partial charge in [-0.1, -0.05) is 323 Å². The van der Waals surface area contributed by atoms with Crippen molar-refractivity contribution in [2.24, 2.45) is 5.92 Å². The molecule has 0 amide bonds. The van der Waals surface area contributed by atoms with E-state index in [9.17, 15) is 14.4 Å². The van der Waals surface area contributed by atoms with Crippen molar-refractivity contribution in [3.8, 4) is 0 Å². The Morgan fingerprint density at radius 3 is 0.710 bits per heavy atom. The van der Waals surface area contributed by atoms with Gasteiger partial charge in [-0.15, -0.1) is 0 Å². The third kappa shape index (κ3) is 57.2. The number of hydrogen-bond donors (Lipinski definition) is 0. The molecule has 0 aliphatic rings. The van der Waals surface area contributed by atoms with E-state index in [4.69, 9.17) is 14.2 Å². The fourth-order valence-corrected chi connectivity index (χ4v) is 9.81. The van der Waals surface area contributed by atoms with E-state index in [0.29, 0.717) is 19.3 Å². The molecule has 0 aliphatic heterocycles. The molecule has 0 saturated heterocycles. The molecule has 0 aliphatic carbocycles. The third-order valence-electron chi connectivity index (χ3n) is 14.5. The molecule has 6 heteroatoms. The van der Waals surface area contributed by atoms with Crippen LogP contribution in [0.2, 0.25) is 0 Å². The van der Waals surface area contributed by atoms with Gasteiger partial charge in [-0.3, -0.25) is 14.4 Å². The van der Waals surface area contributed by atoms with Crippen LogP contribution >= 0.6 is 0 Å². The first-order valence-electron chi connectivity index (χ1n) is 31.4. The Morgan fingerprint density at radius 1 is 0.275 bits per heavy atom. The monoisotopic (exact) mass is 975 g/mol. The van der Waals surface area contributed by atoms with Gasteiger partial charge in [0.1, 0.15) is 13.2 Å². The highest BCUT2D eigenvalue weighted by atomic mass is 16.6. The summed E-state index contributed by atoms with van der Waals surface area (Å²) in [6.45, 7) is 9.09. The van der Waals surface area contributed by atoms with Crippen LogP contribution in [0.25, 0.3) is 0 Å². The lowest BCUT2D eigenvalue weighted by Gasteiger charge is -2.18. The molecule has 0 aromatic carbocycles. The minimum Gasteiger partial charge on any atom is -0.462 e. The van der Waals surface area contributed by atoms with Gasteiger partial charge in [-0.05, 0) is 25.2 Å². The molecule has 1 atom stereocenters. The lowest BCUT2D eigenvalue weighted by atomic mass is 10.0. The van der Waals surface area contributed by atoms with Crippen molar-refractivity contribution in [2.45, 2.75) is 368 Å². The van der Waals surface area contributed by atoms with E-state index < -0.39 is 6.10 Å². The van der Waals surface area contributed by atoms with Crippen LogP contribution in [-0.4, -0.2) is 37.2 Å². The Bertz CT molecular complexity index is 1040. The molecule has 0 aromatic rings. The van der Waals surface area contributed by atoms with E-state index in [1.54, 1.807) is 0 Å². The van der Waals surface area contributed by atoms with Gasteiger partial charge in [0.25, 0.3) is 0 Å². The average molecular weight is 976 g/mol. The van der Waals surface area contributed by atoms with E-state index in [0.717, 1.165) is 63.7 Å². The summed E-state index contributed by atoms with van der Waals surface area (Å²) in [5.41, 5.74) is 0. The maximum Gasteiger partial charge on any atom is 0.306 e. The van der Waals surface area contributed by atoms with Gasteiger partial charge >= 0.3 is 17.9 Å². The summed E-state index contributed by atoms with van der Waals surface area (Å²) in [6, 6.07) is 0. The smallest absolute Gasteiger partial charge is 0.306 e. The van der Waals surface area contributed by atoms with E-state index in [1.807, 2.05) is 0 Å². The predicted molar refractivity (Wildman–Crippen MR) is 298 cm³/mol. The summed E-state index contributed by atoms with van der Waals surface area (Å²) in [5.74, 6) is 0.0299. The predicted octanol–water partition coefficient (Wildman–Crippen LogP) is 21.0. The second-order valence-electron chi connectivity index (χ2n) is 22.2. The standard InChI is InChI=1S/C63H122O6/c1-5-7-9-11-13-15-17-19-21-27-31-35-39-43-47-51-55-62(65)68-58-60(57-67-61(64)54-50-46-42-38-34-30-20-18-16-14-12-10-8-6-2)69-63(66)56-52-48-44-40-36-32-28-25-23-22-24-26-29-33-37-41-45-49-53-59(3)4/h59-60H,5-58H2,1-4H3/t60-/m0/s1. The maximum absolute atomic E-state index is 12.9. The lowest BCUT2D eigenvalue weighted by molar-refractivity contribution is -0.167. The first kappa shape index (κ1) is 67.4. The van der Waals surface area contributed by atoms with Gasteiger partial charge in [0.2, 0.25) is 0 Å². The fourth-order valence-electron chi connectivity index (χ4n) is 9.81. The first-order valence-corrected chi connectivity index (χ1v) is 31.4. The van der Waals surface area contributed by atoms with Crippen LogP contribution < -0.4 is 0 Å². The topological polar surface area (TPSA) is 78.9 Å². The number of carbonyl (C=O) groups excluding carboxylic acids is 3. The highest BCUT2D eigenvalue weighted by Crippen LogP contribution is 2.19. The Labute approximate surface area is 431 Å². The van der Waals surface area contributed by atoms with Gasteiger partial charge in [0.15, 0.2) is 6.10 Å². The van der Waals surface area contributed by atoms with Crippen molar-refractivity contribution in [2.75, 3.05) is 13.2 Å². The van der Waals surface area contributed by atoms with Crippen LogP contribution in [0, 0.1) is 5.92 Å². The molecule has 6 nitrogen and oxygen atoms in total. The second-order valence-corrected chi connectivity index (χ2v) is 22.2. The molecule has 0 fully saturated rings. The summed E-state index contributed by atoms with van der Waals surface area (Å²) in [6.07, 6.45) is 63.9. The molecule has 0 bridgehead atoms. The Balaban J connectivity index is 4.26. The van der Waals surface area contributed by atoms with Crippen molar-refractivity contribution < 1.29 is 28.6 Å². The van der Waals surface area contributed by atoms with Crippen LogP contribution in [0.3, 0.4) is 0 Å². The number of unbranched alkanes of at least 4 members (excludes halogenated alkanes) is 45. The fraction of sp³-hybridized carbons (Fsp3) is 0.952. The van der Waals surface area contributed by atoms with Gasteiger partial charge in [0, 0.05) is 19.3 Å². The molecular weight excluding hydrogens is 853 g/mol. The molecule has 0 spiro atoms. The number of ether oxygens (including phenoxy) is 3. The molecule has 0 N–H and O–H groups in total. The molecule has 0 heterocycles. The Morgan fingerprint density at radius 2 is 0.478 bits per heavy atom. The van der Waals surface area contributed by atoms with Crippen LogP contribution in [0.4, 0.5) is 0 Å². The summed E-state index contributed by atoms with van der Waals surface area (Å²) >= 11 is 0. The van der Waals surface area contributed by atoms with Gasteiger partial charge < -0.3 is 14.2 Å². The Kier molecular flexibility index (Phi) is 56.0. The zero-order valence-electron chi connectivity index (χ0n) is 47.3. The lowest BCUT2D eigenvalue weighted by Crippen LogP contribution is -2.30. The van der Waals surface area contributed by atoms with Crippen LogP contribution in [0.15, 0.2) is 0 Å². The van der Waals surface area contributed by atoms with Gasteiger partial charge in [0.05, 0.1) is 0 Å². The Hall–Kier alpha value is -1.59. The first-order chi connectivity index (χ1) is 33.9. The van der Waals surface area contributed by atoms with Crippen molar-refractivity contribution in [3.63, 3.8) is 0 Å². The van der Waals surface area contributed by atoms with Crippen LogP contribution in [-0.2, 0) is 28.6 Å². The maximum atomic E-state index is 12.9. The van der Waals surface area contributed by atoms with Gasteiger partial charge in [-0.25, -0.2) is 0 Å². The molecule has 0 radical (unpaired) electrons. The van der Waals surface area contributed by atoms with E-state index in [1.165, 1.54) is 257 Å². The summed E-state index contributed by atoms with van der Waals surface area (Å²) in [5, 5.41) is 0. The quantitative estimate of drug-likeness (QED) is 0.0343. The largest absolute Gasteiger partial charge is 0.462 e. The van der Waals surface area contributed by atoms with Crippen molar-refractivity contribution in [1.82, 2.24) is 0 Å². The van der Waals surface area contributed by atoms with E-state index >= 15 is 0 Å². The highest BCUT2D eigenvalue weighted by molar-refractivity contribution is 5.71. The number of carbonyl (C=O) groups is 3. The zero-order chi connectivity index (χ0) is 50.2. The van der Waals surface area contributed by atoms with E-state index in [-0.39, 0.29) is 31.1 Å². The van der Waals surface area contributed by atoms with Crippen LogP contribution in [0.1, 0.15) is 362 Å². The molecular formula is C63H122O6. The van der Waals surface area contributed by atoms with Crippen LogP contribution in [0.5, 0.6) is 0 Å². The van der Waals surface area contributed by atoms with Crippen molar-refractivity contribution in [1.29, 1.82) is 0 Å². The number of esters is 3. The molecule has 0 unspecified atom stereocenters. The SMILES string of the molecule is CCCCCCCCCCCCCCCCCCC(=O)OC[C@H](COC(=O)CCCCCCCCCCCCCCCC)OC(=O)CCCCCCCCCCCCCCCCCCCCC(C)C. The summed E-state index contributed by atoms with van der Waals surface area (Å²) in [7, 11) is 0. The van der Waals surface area contributed by atoms with Crippen molar-refractivity contribution >= 4 is 17.9 Å². The molecule has 0 saturated carbocycles. The second kappa shape index (κ2) is 57.3. The molecule has 410 valence electrons. The zero-order valence-corrected chi connectivity index (χ0v) is 47.3. The van der Waals surface area contributed by atoms with Gasteiger partial charge in [-0.2, -0.15) is 0 Å². The molecule has 69 heavy (non-hydrogen) atoms. The highest BCUT2D eigenvalue weighted by Gasteiger charge is 2.19. The van der Waals surface area contributed by atoms with E-state index in [2.05, 4.69) is 27.7 Å². The third-order valence-corrected chi connectivity index (χ3v) is 14.5. The summed E-state index contributed by atoms with van der Waals surface area (Å²) in [4.78, 5) is 38.2. The molecule has 0 aromatic heterocycles. The average Bonchev–Trinajstić information content (AvgIpc) is 3.34. The minimum atomic E-state index is -0.762. The number of hydrogen-bond acceptors (Lipinski definition) is 6. The van der Waals surface area contributed by atoms with Crippen molar-refractivity contribution in [3.05, 3.63) is 0 Å². The normalized spacial score (nSPS) is 12.0. The molecule has 0 rings (SSSR count). The number of rotatable bonds is 58. The summed E-state index contributed by atoms with van der Waals surface area (Å²) < 4.78 is 16.9.